The fourth-order valence-corrected chi connectivity index (χ4v) is 5.95. The first-order valence-electron chi connectivity index (χ1n) is 13.6. The summed E-state index contributed by atoms with van der Waals surface area (Å²) in [5.74, 6) is 0.954. The van der Waals surface area contributed by atoms with Gasteiger partial charge in [0.25, 0.3) is 0 Å². The van der Waals surface area contributed by atoms with E-state index in [0.717, 1.165) is 59.0 Å². The SMILES string of the molecule is Cc1ccncc1-c1cccc2[nH]cc(-c3ccnc(NC4CCC(C(=O)N5CCC(O)CC5)CC4)n3)c12. The minimum absolute atomic E-state index is 0.0797. The number of fused-ring (bicyclic) bond motifs is 1. The Kier molecular flexibility index (Phi) is 6.81. The lowest BCUT2D eigenvalue weighted by Crippen LogP contribution is -2.44. The number of nitrogens with zero attached hydrogens (tertiary/aromatic N) is 4. The van der Waals surface area contributed by atoms with Crippen LogP contribution in [0.4, 0.5) is 5.95 Å². The van der Waals surface area contributed by atoms with E-state index in [9.17, 15) is 9.90 Å². The van der Waals surface area contributed by atoms with E-state index >= 15 is 0 Å². The smallest absolute Gasteiger partial charge is 0.225 e. The highest BCUT2D eigenvalue weighted by atomic mass is 16.3. The number of hydrogen-bond acceptors (Lipinski definition) is 6. The molecule has 0 radical (unpaired) electrons. The van der Waals surface area contributed by atoms with Crippen LogP contribution in [0.1, 0.15) is 44.1 Å². The number of carbonyl (C=O) groups is 1. The highest BCUT2D eigenvalue weighted by molar-refractivity contribution is 6.05. The van der Waals surface area contributed by atoms with E-state index in [-0.39, 0.29) is 24.0 Å². The molecule has 2 fully saturated rings. The van der Waals surface area contributed by atoms with Gasteiger partial charge in [-0.2, -0.15) is 0 Å². The second-order valence-corrected chi connectivity index (χ2v) is 10.6. The van der Waals surface area contributed by atoms with Crippen molar-refractivity contribution in [3.8, 4) is 22.4 Å². The van der Waals surface area contributed by atoms with E-state index in [1.165, 1.54) is 5.56 Å². The van der Waals surface area contributed by atoms with Crippen LogP contribution in [0.25, 0.3) is 33.3 Å². The van der Waals surface area contributed by atoms with E-state index < -0.39 is 0 Å². The number of amides is 1. The Hall–Kier alpha value is -3.78. The number of pyridine rings is 1. The summed E-state index contributed by atoms with van der Waals surface area (Å²) < 4.78 is 0. The Morgan fingerprint density at radius 3 is 2.61 bits per heavy atom. The van der Waals surface area contributed by atoms with Gasteiger partial charge in [0.2, 0.25) is 11.9 Å². The van der Waals surface area contributed by atoms with Crippen molar-refractivity contribution in [3.63, 3.8) is 0 Å². The average molecular weight is 511 g/mol. The maximum Gasteiger partial charge on any atom is 0.225 e. The van der Waals surface area contributed by atoms with Crippen molar-refractivity contribution in [3.05, 3.63) is 60.7 Å². The van der Waals surface area contributed by atoms with Crippen molar-refractivity contribution in [2.75, 3.05) is 18.4 Å². The molecule has 1 amide bonds. The van der Waals surface area contributed by atoms with Crippen LogP contribution in [-0.2, 0) is 4.79 Å². The molecular weight excluding hydrogens is 476 g/mol. The van der Waals surface area contributed by atoms with Gasteiger partial charge in [-0.3, -0.25) is 9.78 Å². The zero-order valence-electron chi connectivity index (χ0n) is 21.7. The number of aliphatic hydroxyl groups excluding tert-OH is 1. The summed E-state index contributed by atoms with van der Waals surface area (Å²) in [6, 6.07) is 10.5. The molecule has 0 spiro atoms. The standard InChI is InChI=1S/C30H34N6O2/c1-19-9-13-31-17-24(19)23-3-2-4-27-28(23)25(18-33-27)26-10-14-32-30(35-26)34-21-7-5-20(6-8-21)29(38)36-15-11-22(37)12-16-36/h2-4,9-10,13-14,17-18,20-22,33,37H,5-8,11-12,15-16H2,1H3,(H,32,34,35). The van der Waals surface area contributed by atoms with Gasteiger partial charge in [-0.1, -0.05) is 12.1 Å². The summed E-state index contributed by atoms with van der Waals surface area (Å²) in [4.78, 5) is 32.1. The van der Waals surface area contributed by atoms with E-state index in [1.807, 2.05) is 35.6 Å². The molecule has 3 aromatic heterocycles. The highest BCUT2D eigenvalue weighted by Crippen LogP contribution is 2.37. The fourth-order valence-electron chi connectivity index (χ4n) is 5.95. The number of benzene rings is 1. The number of H-pyrrole nitrogens is 1. The number of aryl methyl sites for hydroxylation is 1. The van der Waals surface area contributed by atoms with Gasteiger partial charge < -0.3 is 20.3 Å². The summed E-state index contributed by atoms with van der Waals surface area (Å²) in [5.41, 5.74) is 6.36. The maximum absolute atomic E-state index is 13.0. The fraction of sp³-hybridized carbons (Fsp3) is 0.400. The van der Waals surface area contributed by atoms with Gasteiger partial charge in [-0.25, -0.2) is 9.97 Å². The molecule has 38 heavy (non-hydrogen) atoms. The van der Waals surface area contributed by atoms with Crippen LogP contribution in [0.3, 0.4) is 0 Å². The number of piperidine rings is 1. The van der Waals surface area contributed by atoms with Crippen molar-refractivity contribution in [1.82, 2.24) is 24.8 Å². The summed E-state index contributed by atoms with van der Waals surface area (Å²) >= 11 is 0. The second-order valence-electron chi connectivity index (χ2n) is 10.6. The van der Waals surface area contributed by atoms with Gasteiger partial charge in [-0.15, -0.1) is 0 Å². The molecule has 8 heteroatoms. The van der Waals surface area contributed by atoms with E-state index in [4.69, 9.17) is 4.98 Å². The van der Waals surface area contributed by atoms with Crippen LogP contribution in [0.5, 0.6) is 0 Å². The molecule has 0 unspecified atom stereocenters. The van der Waals surface area contributed by atoms with Gasteiger partial charge >= 0.3 is 0 Å². The molecule has 1 saturated heterocycles. The van der Waals surface area contributed by atoms with Crippen molar-refractivity contribution in [2.24, 2.45) is 5.92 Å². The largest absolute Gasteiger partial charge is 0.393 e. The lowest BCUT2D eigenvalue weighted by molar-refractivity contribution is -0.138. The number of aromatic amines is 1. The molecule has 6 rings (SSSR count). The normalized spacial score (nSPS) is 20.5. The third kappa shape index (κ3) is 4.88. The molecule has 4 heterocycles. The molecule has 0 atom stereocenters. The number of anilines is 1. The monoisotopic (exact) mass is 510 g/mol. The van der Waals surface area contributed by atoms with E-state index in [0.29, 0.717) is 31.9 Å². The summed E-state index contributed by atoms with van der Waals surface area (Å²) in [6.07, 6.45) is 12.2. The van der Waals surface area contributed by atoms with Gasteiger partial charge in [0.05, 0.1) is 11.8 Å². The molecule has 1 aromatic carbocycles. The average Bonchev–Trinajstić information content (AvgIpc) is 3.39. The minimum Gasteiger partial charge on any atom is -0.393 e. The van der Waals surface area contributed by atoms with Gasteiger partial charge in [0, 0.05) is 71.9 Å². The second kappa shape index (κ2) is 10.5. The van der Waals surface area contributed by atoms with Crippen molar-refractivity contribution < 1.29 is 9.90 Å². The first kappa shape index (κ1) is 24.6. The zero-order valence-corrected chi connectivity index (χ0v) is 21.7. The Bertz CT molecular complexity index is 1430. The molecule has 1 aliphatic heterocycles. The van der Waals surface area contributed by atoms with Gasteiger partial charge in [0.15, 0.2) is 0 Å². The van der Waals surface area contributed by atoms with Crippen molar-refractivity contribution in [2.45, 2.75) is 57.6 Å². The van der Waals surface area contributed by atoms with Crippen LogP contribution in [-0.4, -0.2) is 61.1 Å². The molecule has 1 aliphatic carbocycles. The van der Waals surface area contributed by atoms with Gasteiger partial charge in [0.1, 0.15) is 0 Å². The summed E-state index contributed by atoms with van der Waals surface area (Å²) in [7, 11) is 0. The Morgan fingerprint density at radius 2 is 1.82 bits per heavy atom. The predicted octanol–water partition coefficient (Wildman–Crippen LogP) is 4.95. The number of carbonyl (C=O) groups excluding carboxylic acids is 1. The Labute approximate surface area is 222 Å². The number of likely N-dealkylation sites (tertiary alicyclic amines) is 1. The van der Waals surface area contributed by atoms with Crippen LogP contribution in [0.2, 0.25) is 0 Å². The van der Waals surface area contributed by atoms with Crippen molar-refractivity contribution >= 4 is 22.8 Å². The van der Waals surface area contributed by atoms with Crippen LogP contribution in [0, 0.1) is 12.8 Å². The third-order valence-corrected chi connectivity index (χ3v) is 8.15. The Balaban J connectivity index is 1.17. The lowest BCUT2D eigenvalue weighted by atomic mass is 9.85. The van der Waals surface area contributed by atoms with E-state index in [1.54, 1.807) is 6.20 Å². The maximum atomic E-state index is 13.0. The Morgan fingerprint density at radius 1 is 1.00 bits per heavy atom. The van der Waals surface area contributed by atoms with Crippen LogP contribution in [0.15, 0.2) is 55.1 Å². The van der Waals surface area contributed by atoms with Crippen molar-refractivity contribution in [1.29, 1.82) is 0 Å². The first-order chi connectivity index (χ1) is 18.6. The number of aromatic nitrogens is 4. The number of rotatable bonds is 5. The zero-order chi connectivity index (χ0) is 26.1. The molecule has 8 nitrogen and oxygen atoms in total. The molecule has 0 bridgehead atoms. The minimum atomic E-state index is -0.259. The first-order valence-corrected chi connectivity index (χ1v) is 13.6. The lowest BCUT2D eigenvalue weighted by Gasteiger charge is -2.35. The van der Waals surface area contributed by atoms with E-state index in [2.05, 4.69) is 45.4 Å². The highest BCUT2D eigenvalue weighted by Gasteiger charge is 2.31. The number of hydrogen-bond donors (Lipinski definition) is 3. The summed E-state index contributed by atoms with van der Waals surface area (Å²) in [6.45, 7) is 3.46. The number of aliphatic hydroxyl groups is 1. The molecule has 196 valence electrons. The summed E-state index contributed by atoms with van der Waals surface area (Å²) in [5, 5.41) is 14.4. The molecular formula is C30H34N6O2. The molecule has 3 N–H and O–H groups in total. The third-order valence-electron chi connectivity index (χ3n) is 8.15. The van der Waals surface area contributed by atoms with Gasteiger partial charge in [-0.05, 0) is 74.8 Å². The quantitative estimate of drug-likeness (QED) is 0.351. The molecule has 1 saturated carbocycles. The predicted molar refractivity (Wildman–Crippen MR) is 148 cm³/mol. The topological polar surface area (TPSA) is 107 Å². The molecule has 2 aliphatic rings. The van der Waals surface area contributed by atoms with Crippen LogP contribution >= 0.6 is 0 Å². The van der Waals surface area contributed by atoms with Crippen LogP contribution < -0.4 is 5.32 Å². The molecule has 4 aromatic rings. The number of nitrogens with one attached hydrogen (secondary N) is 2.